The molecule has 4 rings (SSSR count). The quantitative estimate of drug-likeness (QED) is 0.282. The van der Waals surface area contributed by atoms with Crippen molar-refractivity contribution < 1.29 is 23.9 Å². The van der Waals surface area contributed by atoms with Gasteiger partial charge in [0.2, 0.25) is 11.8 Å². The van der Waals surface area contributed by atoms with Crippen molar-refractivity contribution in [3.05, 3.63) is 46.5 Å². The van der Waals surface area contributed by atoms with Crippen LogP contribution in [0.2, 0.25) is 0 Å². The fourth-order valence-electron chi connectivity index (χ4n) is 4.82. The molecule has 2 fully saturated rings. The fourth-order valence-corrected chi connectivity index (χ4v) is 5.08. The van der Waals surface area contributed by atoms with Crippen molar-refractivity contribution >= 4 is 39.5 Å². The van der Waals surface area contributed by atoms with Gasteiger partial charge in [0.05, 0.1) is 11.8 Å². The molecular weight excluding hydrogens is 438 g/mol. The molecule has 29 heavy (non-hydrogen) atoms. The number of esters is 1. The summed E-state index contributed by atoms with van der Waals surface area (Å²) in [5.41, 5.74) is 0.424. The van der Waals surface area contributed by atoms with Crippen LogP contribution in [0.15, 0.2) is 40.9 Å². The number of hydrogen-bond donors (Lipinski definition) is 0. The van der Waals surface area contributed by atoms with Gasteiger partial charge in [-0.2, -0.15) is 0 Å². The molecule has 3 aliphatic rings. The molecule has 152 valence electrons. The number of Topliss-reactive ketones (excluding diaryl/α,β-unsaturated/α-hetero) is 1. The molecule has 2 aliphatic carbocycles. The lowest BCUT2D eigenvalue weighted by atomic mass is 9.85. The van der Waals surface area contributed by atoms with Gasteiger partial charge in [-0.15, -0.1) is 0 Å². The lowest BCUT2D eigenvalue weighted by molar-refractivity contribution is -0.160. The average Bonchev–Trinajstić information content (AvgIpc) is 3.36. The van der Waals surface area contributed by atoms with E-state index in [2.05, 4.69) is 15.9 Å². The van der Waals surface area contributed by atoms with Crippen LogP contribution in [-0.2, 0) is 19.1 Å². The summed E-state index contributed by atoms with van der Waals surface area (Å²) in [6.07, 6.45) is 4.86. The van der Waals surface area contributed by atoms with Gasteiger partial charge in [0, 0.05) is 10.0 Å². The number of carbonyl (C=O) groups is 4. The Bertz CT molecular complexity index is 876. The summed E-state index contributed by atoms with van der Waals surface area (Å²) < 4.78 is 6.09. The summed E-state index contributed by atoms with van der Waals surface area (Å²) in [7, 11) is 0. The smallest absolute Gasteiger partial charge is 0.330 e. The molecule has 2 amide bonds. The first-order valence-electron chi connectivity index (χ1n) is 9.80. The van der Waals surface area contributed by atoms with Crippen molar-refractivity contribution in [3.63, 3.8) is 0 Å². The highest BCUT2D eigenvalue weighted by Crippen LogP contribution is 2.53. The Morgan fingerprint density at radius 3 is 2.14 bits per heavy atom. The van der Waals surface area contributed by atoms with Crippen molar-refractivity contribution in [1.29, 1.82) is 0 Å². The predicted molar refractivity (Wildman–Crippen MR) is 108 cm³/mol. The second-order valence-corrected chi connectivity index (χ2v) is 9.19. The minimum absolute atomic E-state index is 0.0780. The Kier molecular flexibility index (Phi) is 5.19. The van der Waals surface area contributed by atoms with Crippen LogP contribution >= 0.6 is 15.9 Å². The minimum atomic E-state index is -1.02. The van der Waals surface area contributed by atoms with E-state index in [-0.39, 0.29) is 47.2 Å². The highest BCUT2D eigenvalue weighted by molar-refractivity contribution is 9.10. The first-order valence-corrected chi connectivity index (χ1v) is 10.6. The predicted octanol–water partition coefficient (Wildman–Crippen LogP) is 3.01. The maximum atomic E-state index is 13.0. The molecule has 0 N–H and O–H groups in total. The molecule has 7 heteroatoms. The summed E-state index contributed by atoms with van der Waals surface area (Å²) >= 11 is 3.30. The number of benzene rings is 1. The average molecular weight is 460 g/mol. The van der Waals surface area contributed by atoms with Gasteiger partial charge in [0.1, 0.15) is 6.04 Å². The normalized spacial score (nSPS) is 28.2. The maximum absolute atomic E-state index is 13.0. The van der Waals surface area contributed by atoms with Crippen molar-refractivity contribution in [1.82, 2.24) is 4.90 Å². The van der Waals surface area contributed by atoms with E-state index in [1.165, 1.54) is 0 Å². The molecular formula is C22H22BrNO5. The standard InChI is InChI=1S/C22H22BrNO5/c1-11(2)19(22(28)29-10-16(25)12-5-7-15(23)8-6-12)24-20(26)17-13-3-4-14(9-13)18(17)21(24)27/h3-8,11,13-14,17-19H,9-10H2,1-2H3. The van der Waals surface area contributed by atoms with Gasteiger partial charge in [-0.05, 0) is 36.3 Å². The van der Waals surface area contributed by atoms with Crippen LogP contribution in [0.3, 0.4) is 0 Å². The number of fused-ring (bicyclic) bond motifs is 5. The number of ether oxygens (including phenoxy) is 1. The number of allylic oxidation sites excluding steroid dienone is 2. The number of rotatable bonds is 6. The molecule has 1 aliphatic heterocycles. The number of nitrogens with zero attached hydrogens (tertiary/aromatic N) is 1. The molecule has 0 spiro atoms. The third-order valence-electron chi connectivity index (χ3n) is 6.17. The minimum Gasteiger partial charge on any atom is -0.456 e. The Morgan fingerprint density at radius 1 is 1.07 bits per heavy atom. The summed E-state index contributed by atoms with van der Waals surface area (Å²) in [4.78, 5) is 52.3. The zero-order chi connectivity index (χ0) is 20.9. The molecule has 1 saturated heterocycles. The Balaban J connectivity index is 1.47. The summed E-state index contributed by atoms with van der Waals surface area (Å²) in [6, 6.07) is 5.72. The summed E-state index contributed by atoms with van der Waals surface area (Å²) in [5.74, 6) is -2.52. The van der Waals surface area contributed by atoms with E-state index in [0.29, 0.717) is 5.56 Å². The van der Waals surface area contributed by atoms with Crippen LogP contribution in [0.1, 0.15) is 30.6 Å². The molecule has 6 nitrogen and oxygen atoms in total. The Morgan fingerprint density at radius 2 is 1.62 bits per heavy atom. The molecule has 0 radical (unpaired) electrons. The van der Waals surface area contributed by atoms with Crippen molar-refractivity contribution in [2.75, 3.05) is 6.61 Å². The topological polar surface area (TPSA) is 80.8 Å². The van der Waals surface area contributed by atoms with Crippen LogP contribution in [0.5, 0.6) is 0 Å². The van der Waals surface area contributed by atoms with E-state index in [9.17, 15) is 19.2 Å². The van der Waals surface area contributed by atoms with E-state index < -0.39 is 18.6 Å². The molecule has 5 atom stereocenters. The number of likely N-dealkylation sites (tertiary alicyclic amines) is 1. The van der Waals surface area contributed by atoms with Crippen LogP contribution < -0.4 is 0 Å². The first-order chi connectivity index (χ1) is 13.8. The lowest BCUT2D eigenvalue weighted by Crippen LogP contribution is -2.50. The highest BCUT2D eigenvalue weighted by atomic mass is 79.9. The van der Waals surface area contributed by atoms with Gasteiger partial charge in [-0.1, -0.05) is 54.1 Å². The monoisotopic (exact) mass is 459 g/mol. The zero-order valence-corrected chi connectivity index (χ0v) is 17.8. The maximum Gasteiger partial charge on any atom is 0.330 e. The van der Waals surface area contributed by atoms with Crippen molar-refractivity contribution in [2.45, 2.75) is 26.3 Å². The van der Waals surface area contributed by atoms with Crippen molar-refractivity contribution in [2.24, 2.45) is 29.6 Å². The van der Waals surface area contributed by atoms with Gasteiger partial charge < -0.3 is 4.74 Å². The second kappa shape index (κ2) is 7.52. The molecule has 1 saturated carbocycles. The number of amides is 2. The van der Waals surface area contributed by atoms with Gasteiger partial charge >= 0.3 is 5.97 Å². The van der Waals surface area contributed by atoms with Gasteiger partial charge in [0.15, 0.2) is 12.4 Å². The molecule has 1 aromatic rings. The van der Waals surface area contributed by atoms with Crippen molar-refractivity contribution in [3.8, 4) is 0 Å². The second-order valence-electron chi connectivity index (χ2n) is 8.27. The van der Waals surface area contributed by atoms with E-state index >= 15 is 0 Å². The largest absolute Gasteiger partial charge is 0.456 e. The van der Waals surface area contributed by atoms with E-state index in [1.807, 2.05) is 12.2 Å². The van der Waals surface area contributed by atoms with E-state index in [0.717, 1.165) is 15.8 Å². The van der Waals surface area contributed by atoms with Gasteiger partial charge in [-0.3, -0.25) is 19.3 Å². The summed E-state index contributed by atoms with van der Waals surface area (Å²) in [6.45, 7) is 3.10. The van der Waals surface area contributed by atoms with Crippen LogP contribution in [-0.4, -0.2) is 41.1 Å². The molecule has 2 bridgehead atoms. The van der Waals surface area contributed by atoms with Crippen LogP contribution in [0.25, 0.3) is 0 Å². The lowest BCUT2D eigenvalue weighted by Gasteiger charge is -2.28. The third kappa shape index (κ3) is 3.35. The van der Waals surface area contributed by atoms with E-state index in [4.69, 9.17) is 4.74 Å². The molecule has 5 unspecified atom stereocenters. The van der Waals surface area contributed by atoms with Gasteiger partial charge in [-0.25, -0.2) is 4.79 Å². The van der Waals surface area contributed by atoms with Crippen LogP contribution in [0, 0.1) is 29.6 Å². The van der Waals surface area contributed by atoms with Gasteiger partial charge in [0.25, 0.3) is 0 Å². The van der Waals surface area contributed by atoms with E-state index in [1.54, 1.807) is 38.1 Å². The number of imide groups is 1. The fraction of sp³-hybridized carbons (Fsp3) is 0.455. The Labute approximate surface area is 177 Å². The Hall–Kier alpha value is -2.28. The van der Waals surface area contributed by atoms with Crippen LogP contribution in [0.4, 0.5) is 0 Å². The number of hydrogen-bond acceptors (Lipinski definition) is 5. The molecule has 0 aromatic heterocycles. The number of carbonyl (C=O) groups excluding carboxylic acids is 4. The summed E-state index contributed by atoms with van der Waals surface area (Å²) in [5, 5.41) is 0. The molecule has 1 aromatic carbocycles. The first kappa shape index (κ1) is 20.0. The third-order valence-corrected chi connectivity index (χ3v) is 6.70. The number of ketones is 1. The highest BCUT2D eigenvalue weighted by Gasteiger charge is 2.61. The molecule has 1 heterocycles. The SMILES string of the molecule is CC(C)C(C(=O)OCC(=O)c1ccc(Br)cc1)N1C(=O)C2C3C=CC(C3)C2C1=O. The number of halogens is 1. The zero-order valence-electron chi connectivity index (χ0n) is 16.2.